The van der Waals surface area contributed by atoms with Crippen LogP contribution in [0.5, 0.6) is 0 Å². The van der Waals surface area contributed by atoms with E-state index in [1.807, 2.05) is 16.8 Å². The molecule has 0 bridgehead atoms. The zero-order chi connectivity index (χ0) is 11.2. The largest absolute Gasteiger partial charge is 0.387 e. The SMILES string of the molecule is OC(CNC1CCCCCC1)c1ccsc1. The average molecular weight is 239 g/mol. The Morgan fingerprint density at radius 2 is 2.06 bits per heavy atom. The van der Waals surface area contributed by atoms with Gasteiger partial charge in [-0.15, -0.1) is 0 Å². The molecule has 1 heterocycles. The smallest absolute Gasteiger partial charge is 0.0922 e. The number of aliphatic hydroxyl groups excluding tert-OH is 1. The van der Waals surface area contributed by atoms with E-state index < -0.39 is 0 Å². The normalized spacial score (nSPS) is 20.6. The Hall–Kier alpha value is -0.380. The maximum absolute atomic E-state index is 9.95. The molecule has 3 heteroatoms. The summed E-state index contributed by atoms with van der Waals surface area (Å²) in [5.41, 5.74) is 1.05. The summed E-state index contributed by atoms with van der Waals surface area (Å²) in [6.45, 7) is 0.696. The molecule has 90 valence electrons. The van der Waals surface area contributed by atoms with Crippen LogP contribution in [0.25, 0.3) is 0 Å². The molecule has 1 aliphatic carbocycles. The molecule has 0 aromatic carbocycles. The lowest BCUT2D eigenvalue weighted by Crippen LogP contribution is -2.32. The van der Waals surface area contributed by atoms with Crippen molar-refractivity contribution in [2.24, 2.45) is 0 Å². The van der Waals surface area contributed by atoms with Gasteiger partial charge < -0.3 is 10.4 Å². The molecule has 0 amide bonds. The van der Waals surface area contributed by atoms with E-state index in [4.69, 9.17) is 0 Å². The highest BCUT2D eigenvalue weighted by Gasteiger charge is 2.14. The van der Waals surface area contributed by atoms with E-state index in [9.17, 15) is 5.11 Å². The van der Waals surface area contributed by atoms with Crippen molar-refractivity contribution in [2.75, 3.05) is 6.54 Å². The maximum Gasteiger partial charge on any atom is 0.0922 e. The lowest BCUT2D eigenvalue weighted by Gasteiger charge is -2.18. The minimum atomic E-state index is -0.338. The molecule has 1 aromatic heterocycles. The number of thiophene rings is 1. The Morgan fingerprint density at radius 3 is 2.69 bits per heavy atom. The van der Waals surface area contributed by atoms with Crippen molar-refractivity contribution in [1.82, 2.24) is 5.32 Å². The van der Waals surface area contributed by atoms with E-state index in [1.54, 1.807) is 11.3 Å². The predicted octanol–water partition coefficient (Wildman–Crippen LogP) is 3.09. The summed E-state index contributed by atoms with van der Waals surface area (Å²) in [6.07, 6.45) is 7.65. The summed E-state index contributed by atoms with van der Waals surface area (Å²) in [5, 5.41) is 17.5. The summed E-state index contributed by atoms with van der Waals surface area (Å²) < 4.78 is 0. The maximum atomic E-state index is 9.95. The van der Waals surface area contributed by atoms with Crippen LogP contribution in [0.3, 0.4) is 0 Å². The van der Waals surface area contributed by atoms with Gasteiger partial charge >= 0.3 is 0 Å². The van der Waals surface area contributed by atoms with Crippen LogP contribution in [0.15, 0.2) is 16.8 Å². The first kappa shape index (κ1) is 12.1. The molecule has 2 rings (SSSR count). The minimum absolute atomic E-state index is 0.338. The lowest BCUT2D eigenvalue weighted by atomic mass is 10.1. The first-order valence-electron chi connectivity index (χ1n) is 6.30. The number of hydrogen-bond donors (Lipinski definition) is 2. The summed E-state index contributed by atoms with van der Waals surface area (Å²) in [7, 11) is 0. The molecule has 16 heavy (non-hydrogen) atoms. The van der Waals surface area contributed by atoms with Gasteiger partial charge in [0, 0.05) is 12.6 Å². The van der Waals surface area contributed by atoms with Crippen molar-refractivity contribution >= 4 is 11.3 Å². The van der Waals surface area contributed by atoms with Crippen LogP contribution >= 0.6 is 11.3 Å². The Balaban J connectivity index is 1.73. The summed E-state index contributed by atoms with van der Waals surface area (Å²) in [4.78, 5) is 0. The van der Waals surface area contributed by atoms with Gasteiger partial charge in [-0.05, 0) is 35.2 Å². The number of nitrogens with one attached hydrogen (secondary N) is 1. The van der Waals surface area contributed by atoms with E-state index in [2.05, 4.69) is 5.32 Å². The number of aliphatic hydroxyl groups is 1. The number of hydrogen-bond acceptors (Lipinski definition) is 3. The zero-order valence-corrected chi connectivity index (χ0v) is 10.5. The summed E-state index contributed by atoms with van der Waals surface area (Å²) >= 11 is 1.64. The van der Waals surface area contributed by atoms with Gasteiger partial charge in [0.1, 0.15) is 0 Å². The van der Waals surface area contributed by atoms with Crippen molar-refractivity contribution in [2.45, 2.75) is 50.7 Å². The second-order valence-electron chi connectivity index (χ2n) is 4.67. The van der Waals surface area contributed by atoms with Crippen LogP contribution in [0.2, 0.25) is 0 Å². The molecule has 0 saturated heterocycles. The minimum Gasteiger partial charge on any atom is -0.387 e. The van der Waals surface area contributed by atoms with Gasteiger partial charge in [-0.25, -0.2) is 0 Å². The quantitative estimate of drug-likeness (QED) is 0.791. The fourth-order valence-electron chi connectivity index (χ4n) is 2.34. The highest BCUT2D eigenvalue weighted by molar-refractivity contribution is 7.07. The van der Waals surface area contributed by atoms with Crippen LogP contribution in [0, 0.1) is 0 Å². The van der Waals surface area contributed by atoms with E-state index >= 15 is 0 Å². The van der Waals surface area contributed by atoms with Crippen LogP contribution in [-0.4, -0.2) is 17.7 Å². The molecule has 0 radical (unpaired) electrons. The van der Waals surface area contributed by atoms with Gasteiger partial charge in [0.25, 0.3) is 0 Å². The first-order chi connectivity index (χ1) is 7.86. The molecule has 0 spiro atoms. The van der Waals surface area contributed by atoms with E-state index in [0.717, 1.165) is 5.56 Å². The predicted molar refractivity (Wildman–Crippen MR) is 68.8 cm³/mol. The van der Waals surface area contributed by atoms with E-state index in [0.29, 0.717) is 12.6 Å². The van der Waals surface area contributed by atoms with Gasteiger partial charge in [0.05, 0.1) is 6.10 Å². The zero-order valence-electron chi connectivity index (χ0n) is 9.69. The fourth-order valence-corrected chi connectivity index (χ4v) is 3.05. The topological polar surface area (TPSA) is 32.3 Å². The van der Waals surface area contributed by atoms with Crippen LogP contribution in [-0.2, 0) is 0 Å². The molecule has 2 nitrogen and oxygen atoms in total. The van der Waals surface area contributed by atoms with Crippen LogP contribution in [0.4, 0.5) is 0 Å². The van der Waals surface area contributed by atoms with Crippen molar-refractivity contribution in [3.05, 3.63) is 22.4 Å². The third-order valence-electron chi connectivity index (χ3n) is 3.38. The first-order valence-corrected chi connectivity index (χ1v) is 7.24. The standard InChI is InChI=1S/C13H21NOS/c15-13(11-7-8-16-10-11)9-14-12-5-3-1-2-4-6-12/h7-8,10,12-15H,1-6,9H2. The van der Waals surface area contributed by atoms with Crippen molar-refractivity contribution in [1.29, 1.82) is 0 Å². The van der Waals surface area contributed by atoms with Crippen molar-refractivity contribution in [3.63, 3.8) is 0 Å². The molecule has 2 N–H and O–H groups in total. The molecule has 1 fully saturated rings. The second kappa shape index (κ2) is 6.38. The number of rotatable bonds is 4. The molecular weight excluding hydrogens is 218 g/mol. The third-order valence-corrected chi connectivity index (χ3v) is 4.08. The molecular formula is C13H21NOS. The van der Waals surface area contributed by atoms with Crippen molar-refractivity contribution < 1.29 is 5.11 Å². The van der Waals surface area contributed by atoms with Crippen LogP contribution < -0.4 is 5.32 Å². The van der Waals surface area contributed by atoms with Gasteiger partial charge in [0.2, 0.25) is 0 Å². The average Bonchev–Trinajstić information content (AvgIpc) is 2.71. The van der Waals surface area contributed by atoms with Crippen LogP contribution in [0.1, 0.15) is 50.2 Å². The lowest BCUT2D eigenvalue weighted by molar-refractivity contribution is 0.168. The highest BCUT2D eigenvalue weighted by atomic mass is 32.1. The molecule has 1 aromatic rings. The Bertz CT molecular complexity index is 278. The van der Waals surface area contributed by atoms with Gasteiger partial charge in [0.15, 0.2) is 0 Å². The molecule has 1 aliphatic rings. The Labute approximate surface area is 102 Å². The van der Waals surface area contributed by atoms with Gasteiger partial charge in [-0.3, -0.25) is 0 Å². The molecule has 1 atom stereocenters. The third kappa shape index (κ3) is 3.58. The Morgan fingerprint density at radius 1 is 1.31 bits per heavy atom. The van der Waals surface area contributed by atoms with E-state index in [-0.39, 0.29) is 6.10 Å². The Kier molecular flexibility index (Phi) is 4.82. The summed E-state index contributed by atoms with van der Waals surface area (Å²) in [6, 6.07) is 2.63. The highest BCUT2D eigenvalue weighted by Crippen LogP contribution is 2.19. The fraction of sp³-hybridized carbons (Fsp3) is 0.692. The summed E-state index contributed by atoms with van der Waals surface area (Å²) in [5.74, 6) is 0. The second-order valence-corrected chi connectivity index (χ2v) is 5.45. The van der Waals surface area contributed by atoms with E-state index in [1.165, 1.54) is 38.5 Å². The monoisotopic (exact) mass is 239 g/mol. The van der Waals surface area contributed by atoms with Crippen molar-refractivity contribution in [3.8, 4) is 0 Å². The van der Waals surface area contributed by atoms with Gasteiger partial charge in [-0.2, -0.15) is 11.3 Å². The molecule has 1 saturated carbocycles. The molecule has 0 aliphatic heterocycles. The molecule has 1 unspecified atom stereocenters. The van der Waals surface area contributed by atoms with Gasteiger partial charge in [-0.1, -0.05) is 25.7 Å².